The molecule has 0 fully saturated rings. The number of rotatable bonds is 3. The zero-order chi connectivity index (χ0) is 11.5. The van der Waals surface area contributed by atoms with Crippen molar-refractivity contribution in [3.63, 3.8) is 0 Å². The molecular weight excluding hydrogens is 196 g/mol. The Morgan fingerprint density at radius 3 is 2.88 bits per heavy atom. The summed E-state index contributed by atoms with van der Waals surface area (Å²) >= 11 is 0. The maximum absolute atomic E-state index is 4.37. The molecule has 0 amide bonds. The second-order valence-corrected chi connectivity index (χ2v) is 3.53. The fourth-order valence-electron chi connectivity index (χ4n) is 1.88. The Labute approximate surface area is 95.2 Å². The van der Waals surface area contributed by atoms with Gasteiger partial charge in [-0.05, 0) is 18.2 Å². The van der Waals surface area contributed by atoms with E-state index in [9.17, 15) is 0 Å². The molecular formula is C14H14N2. The highest BCUT2D eigenvalue weighted by Crippen LogP contribution is 2.25. The van der Waals surface area contributed by atoms with Gasteiger partial charge in [0.05, 0.1) is 5.69 Å². The molecule has 80 valence electrons. The molecule has 0 unspecified atom stereocenters. The van der Waals surface area contributed by atoms with E-state index in [0.717, 1.165) is 22.3 Å². The Bertz CT molecular complexity index is 574. The SMILES string of the molecule is C=C/C=C\c1c(C=C)c2cccnc2n1C. The van der Waals surface area contributed by atoms with Crippen molar-refractivity contribution < 1.29 is 0 Å². The van der Waals surface area contributed by atoms with Gasteiger partial charge in [-0.1, -0.05) is 31.4 Å². The highest BCUT2D eigenvalue weighted by molar-refractivity contribution is 5.91. The van der Waals surface area contributed by atoms with Crippen LogP contribution in [0.15, 0.2) is 43.6 Å². The fourth-order valence-corrected chi connectivity index (χ4v) is 1.88. The van der Waals surface area contributed by atoms with E-state index >= 15 is 0 Å². The van der Waals surface area contributed by atoms with E-state index in [4.69, 9.17) is 0 Å². The van der Waals surface area contributed by atoms with Gasteiger partial charge in [0.15, 0.2) is 0 Å². The van der Waals surface area contributed by atoms with Gasteiger partial charge in [-0.25, -0.2) is 4.98 Å². The summed E-state index contributed by atoms with van der Waals surface area (Å²) < 4.78 is 2.06. The van der Waals surface area contributed by atoms with Crippen molar-refractivity contribution in [3.05, 3.63) is 54.9 Å². The third-order valence-electron chi connectivity index (χ3n) is 2.63. The molecule has 0 saturated heterocycles. The summed E-state index contributed by atoms with van der Waals surface area (Å²) in [6, 6.07) is 4.00. The Kier molecular flexibility index (Phi) is 2.73. The van der Waals surface area contributed by atoms with Gasteiger partial charge in [0, 0.05) is 24.2 Å². The third kappa shape index (κ3) is 1.48. The van der Waals surface area contributed by atoms with Crippen LogP contribution in [0.1, 0.15) is 11.3 Å². The molecule has 16 heavy (non-hydrogen) atoms. The lowest BCUT2D eigenvalue weighted by atomic mass is 10.1. The van der Waals surface area contributed by atoms with Crippen LogP contribution in [-0.4, -0.2) is 9.55 Å². The first-order valence-electron chi connectivity index (χ1n) is 5.14. The Balaban J connectivity index is 2.81. The third-order valence-corrected chi connectivity index (χ3v) is 2.63. The highest BCUT2D eigenvalue weighted by atomic mass is 15.0. The first-order chi connectivity index (χ1) is 7.79. The van der Waals surface area contributed by atoms with Gasteiger partial charge < -0.3 is 4.57 Å². The van der Waals surface area contributed by atoms with Gasteiger partial charge >= 0.3 is 0 Å². The van der Waals surface area contributed by atoms with Crippen LogP contribution in [0, 0.1) is 0 Å². The lowest BCUT2D eigenvalue weighted by Gasteiger charge is -1.98. The Morgan fingerprint density at radius 1 is 1.38 bits per heavy atom. The van der Waals surface area contributed by atoms with E-state index in [2.05, 4.69) is 28.8 Å². The molecule has 2 heterocycles. The number of hydrogen-bond acceptors (Lipinski definition) is 1. The molecule has 0 bridgehead atoms. The number of fused-ring (bicyclic) bond motifs is 1. The minimum Gasteiger partial charge on any atom is -0.328 e. The molecule has 2 nitrogen and oxygen atoms in total. The first kappa shape index (κ1) is 10.4. The van der Waals surface area contributed by atoms with E-state index in [1.54, 1.807) is 12.3 Å². The molecule has 0 N–H and O–H groups in total. The van der Waals surface area contributed by atoms with Crippen LogP contribution in [0.4, 0.5) is 0 Å². The number of aromatic nitrogens is 2. The maximum Gasteiger partial charge on any atom is 0.140 e. The number of hydrogen-bond donors (Lipinski definition) is 0. The van der Waals surface area contributed by atoms with Gasteiger partial charge in [-0.2, -0.15) is 0 Å². The molecule has 2 heteroatoms. The number of allylic oxidation sites excluding steroid dienone is 2. The van der Waals surface area contributed by atoms with E-state index in [1.165, 1.54) is 0 Å². The average molecular weight is 210 g/mol. The Hall–Kier alpha value is -2.09. The molecule has 0 aliphatic carbocycles. The van der Waals surface area contributed by atoms with Crippen molar-refractivity contribution in [2.24, 2.45) is 7.05 Å². The lowest BCUT2D eigenvalue weighted by Crippen LogP contribution is -1.92. The highest BCUT2D eigenvalue weighted by Gasteiger charge is 2.10. The average Bonchev–Trinajstić information content (AvgIpc) is 2.60. The second kappa shape index (κ2) is 4.19. The summed E-state index contributed by atoms with van der Waals surface area (Å²) in [6.07, 6.45) is 9.37. The van der Waals surface area contributed by atoms with Gasteiger partial charge in [0.25, 0.3) is 0 Å². The smallest absolute Gasteiger partial charge is 0.140 e. The van der Waals surface area contributed by atoms with Crippen LogP contribution in [0.3, 0.4) is 0 Å². The second-order valence-electron chi connectivity index (χ2n) is 3.53. The van der Waals surface area contributed by atoms with Crippen LogP contribution in [-0.2, 0) is 7.05 Å². The normalized spacial score (nSPS) is 11.1. The van der Waals surface area contributed by atoms with Gasteiger partial charge in [-0.3, -0.25) is 0 Å². The molecule has 0 aliphatic rings. The summed E-state index contributed by atoms with van der Waals surface area (Å²) in [7, 11) is 2.01. The maximum atomic E-state index is 4.37. The van der Waals surface area contributed by atoms with Crippen molar-refractivity contribution in [3.8, 4) is 0 Å². The van der Waals surface area contributed by atoms with Crippen LogP contribution in [0.25, 0.3) is 23.2 Å². The van der Waals surface area contributed by atoms with E-state index < -0.39 is 0 Å². The molecule has 0 atom stereocenters. The molecule has 0 spiro atoms. The minimum atomic E-state index is 0.973. The summed E-state index contributed by atoms with van der Waals surface area (Å²) in [5, 5.41) is 1.13. The first-order valence-corrected chi connectivity index (χ1v) is 5.14. The predicted molar refractivity (Wildman–Crippen MR) is 70.0 cm³/mol. The zero-order valence-electron chi connectivity index (χ0n) is 9.35. The van der Waals surface area contributed by atoms with Crippen LogP contribution in [0.2, 0.25) is 0 Å². The van der Waals surface area contributed by atoms with Crippen molar-refractivity contribution in [1.29, 1.82) is 0 Å². The molecule has 0 aliphatic heterocycles. The molecule has 0 saturated carbocycles. The fraction of sp³-hybridized carbons (Fsp3) is 0.0714. The van der Waals surface area contributed by atoms with Crippen LogP contribution in [0.5, 0.6) is 0 Å². The number of pyridine rings is 1. The lowest BCUT2D eigenvalue weighted by molar-refractivity contribution is 0.934. The van der Waals surface area contributed by atoms with Crippen LogP contribution >= 0.6 is 0 Å². The molecule has 2 aromatic heterocycles. The molecule has 0 aromatic carbocycles. The standard InChI is InChI=1S/C14H14N2/c1-4-6-9-13-11(5-2)12-8-7-10-15-14(12)16(13)3/h4-10H,1-2H2,3H3/b9-6-. The van der Waals surface area contributed by atoms with E-state index in [0.29, 0.717) is 0 Å². The summed E-state index contributed by atoms with van der Waals surface area (Å²) in [5.41, 5.74) is 3.19. The van der Waals surface area contributed by atoms with Crippen molar-refractivity contribution >= 4 is 23.2 Å². The number of nitrogens with zero attached hydrogens (tertiary/aromatic N) is 2. The quantitative estimate of drug-likeness (QED) is 0.710. The molecule has 2 rings (SSSR count). The van der Waals surface area contributed by atoms with Gasteiger partial charge in [-0.15, -0.1) is 0 Å². The van der Waals surface area contributed by atoms with E-state index in [-0.39, 0.29) is 0 Å². The minimum absolute atomic E-state index is 0.973. The van der Waals surface area contributed by atoms with Crippen molar-refractivity contribution in [2.45, 2.75) is 0 Å². The predicted octanol–water partition coefficient (Wildman–Crippen LogP) is 3.42. The Morgan fingerprint density at radius 2 is 2.19 bits per heavy atom. The van der Waals surface area contributed by atoms with Gasteiger partial charge in [0.1, 0.15) is 5.65 Å². The zero-order valence-corrected chi connectivity index (χ0v) is 9.35. The number of aryl methyl sites for hydroxylation is 1. The van der Waals surface area contributed by atoms with Crippen LogP contribution < -0.4 is 0 Å². The van der Waals surface area contributed by atoms with Gasteiger partial charge in [0.2, 0.25) is 0 Å². The molecule has 0 radical (unpaired) electrons. The van der Waals surface area contributed by atoms with Crippen molar-refractivity contribution in [2.75, 3.05) is 0 Å². The summed E-state index contributed by atoms with van der Waals surface area (Å²) in [6.45, 7) is 7.54. The van der Waals surface area contributed by atoms with Crippen molar-refractivity contribution in [1.82, 2.24) is 9.55 Å². The molecule has 2 aromatic rings. The summed E-state index contributed by atoms with van der Waals surface area (Å²) in [5.74, 6) is 0. The van der Waals surface area contributed by atoms with E-state index in [1.807, 2.05) is 31.3 Å². The monoisotopic (exact) mass is 210 g/mol. The largest absolute Gasteiger partial charge is 0.328 e. The summed E-state index contributed by atoms with van der Waals surface area (Å²) in [4.78, 5) is 4.37. The topological polar surface area (TPSA) is 17.8 Å².